The van der Waals surface area contributed by atoms with Gasteiger partial charge in [-0.2, -0.15) is 0 Å². The van der Waals surface area contributed by atoms with E-state index in [1.807, 2.05) is 43.3 Å². The number of anilines is 1. The van der Waals surface area contributed by atoms with Crippen molar-refractivity contribution in [3.8, 4) is 0 Å². The van der Waals surface area contributed by atoms with Gasteiger partial charge in [0.25, 0.3) is 11.8 Å². The molecule has 1 aliphatic rings. The summed E-state index contributed by atoms with van der Waals surface area (Å²) in [6.07, 6.45) is 0.794. The molecular weight excluding hydrogens is 332 g/mol. The first-order valence-corrected chi connectivity index (χ1v) is 8.43. The molecule has 6 nitrogen and oxygen atoms in total. The number of esters is 1. The first-order chi connectivity index (χ1) is 12.5. The first kappa shape index (κ1) is 17.7. The summed E-state index contributed by atoms with van der Waals surface area (Å²) in [5.74, 6) is -1.28. The summed E-state index contributed by atoms with van der Waals surface area (Å²) in [7, 11) is 0. The molecule has 26 heavy (non-hydrogen) atoms. The zero-order valence-corrected chi connectivity index (χ0v) is 14.5. The fourth-order valence-electron chi connectivity index (χ4n) is 2.83. The molecular formula is C20H20N2O4. The van der Waals surface area contributed by atoms with E-state index in [0.717, 1.165) is 23.2 Å². The SMILES string of the molecule is Cc1ccc(C(=O)NCC(=O)OCC(=O)N2CCc3ccccc32)cc1. The third-order valence-corrected chi connectivity index (χ3v) is 4.25. The van der Waals surface area contributed by atoms with E-state index >= 15 is 0 Å². The van der Waals surface area contributed by atoms with Crippen LogP contribution in [0.2, 0.25) is 0 Å². The number of ether oxygens (including phenoxy) is 1. The molecule has 0 atom stereocenters. The van der Waals surface area contributed by atoms with Crippen LogP contribution in [0.1, 0.15) is 21.5 Å². The van der Waals surface area contributed by atoms with Crippen LogP contribution in [0.15, 0.2) is 48.5 Å². The van der Waals surface area contributed by atoms with Crippen LogP contribution in [0.3, 0.4) is 0 Å². The lowest BCUT2D eigenvalue weighted by Crippen LogP contribution is -2.35. The van der Waals surface area contributed by atoms with Crippen molar-refractivity contribution in [1.29, 1.82) is 0 Å². The molecule has 0 bridgehead atoms. The number of para-hydroxylation sites is 1. The number of fused-ring (bicyclic) bond motifs is 1. The maximum atomic E-state index is 12.3. The minimum Gasteiger partial charge on any atom is -0.454 e. The van der Waals surface area contributed by atoms with E-state index in [2.05, 4.69) is 5.32 Å². The van der Waals surface area contributed by atoms with Gasteiger partial charge < -0.3 is 15.0 Å². The highest BCUT2D eigenvalue weighted by Crippen LogP contribution is 2.27. The minimum atomic E-state index is -0.647. The number of benzene rings is 2. The van der Waals surface area contributed by atoms with Crippen molar-refractivity contribution in [3.05, 3.63) is 65.2 Å². The molecule has 0 unspecified atom stereocenters. The Bertz CT molecular complexity index is 830. The zero-order valence-electron chi connectivity index (χ0n) is 14.5. The third-order valence-electron chi connectivity index (χ3n) is 4.25. The van der Waals surface area contributed by atoms with Crippen LogP contribution in [0, 0.1) is 6.92 Å². The van der Waals surface area contributed by atoms with Crippen LogP contribution < -0.4 is 10.2 Å². The summed E-state index contributed by atoms with van der Waals surface area (Å²) in [6.45, 7) is 1.89. The van der Waals surface area contributed by atoms with Gasteiger partial charge in [0, 0.05) is 17.8 Å². The molecule has 0 aliphatic carbocycles. The van der Waals surface area contributed by atoms with Gasteiger partial charge in [-0.25, -0.2) is 0 Å². The molecule has 1 N–H and O–H groups in total. The molecule has 0 aromatic heterocycles. The Morgan fingerprint density at radius 2 is 1.81 bits per heavy atom. The topological polar surface area (TPSA) is 75.7 Å². The van der Waals surface area contributed by atoms with Crippen LogP contribution in [0.4, 0.5) is 5.69 Å². The number of carbonyl (C=O) groups excluding carboxylic acids is 3. The highest BCUT2D eigenvalue weighted by molar-refractivity contribution is 5.98. The first-order valence-electron chi connectivity index (χ1n) is 8.43. The Morgan fingerprint density at radius 1 is 1.08 bits per heavy atom. The minimum absolute atomic E-state index is 0.270. The van der Waals surface area contributed by atoms with E-state index in [1.54, 1.807) is 17.0 Å². The standard InChI is InChI=1S/C20H20N2O4/c1-14-6-8-16(9-7-14)20(25)21-12-19(24)26-13-18(23)22-11-10-15-4-2-3-5-17(15)22/h2-9H,10-13H2,1H3,(H,21,25). The molecule has 0 spiro atoms. The van der Waals surface area contributed by atoms with Gasteiger partial charge in [-0.05, 0) is 37.1 Å². The number of carbonyl (C=O) groups is 3. The molecule has 2 aromatic carbocycles. The van der Waals surface area contributed by atoms with E-state index in [-0.39, 0.29) is 25.0 Å². The van der Waals surface area contributed by atoms with Crippen molar-refractivity contribution in [1.82, 2.24) is 5.32 Å². The normalized spacial score (nSPS) is 12.4. The zero-order chi connectivity index (χ0) is 18.5. The molecule has 0 saturated heterocycles. The lowest BCUT2D eigenvalue weighted by Gasteiger charge is -2.17. The summed E-state index contributed by atoms with van der Waals surface area (Å²) >= 11 is 0. The van der Waals surface area contributed by atoms with E-state index in [1.165, 1.54) is 0 Å². The molecule has 2 amide bonds. The van der Waals surface area contributed by atoms with Gasteiger partial charge in [0.2, 0.25) is 0 Å². The summed E-state index contributed by atoms with van der Waals surface area (Å²) in [4.78, 5) is 37.6. The largest absolute Gasteiger partial charge is 0.454 e. The summed E-state index contributed by atoms with van der Waals surface area (Å²) in [5, 5.41) is 2.49. The number of hydrogen-bond acceptors (Lipinski definition) is 4. The van der Waals surface area contributed by atoms with Crippen LogP contribution >= 0.6 is 0 Å². The maximum Gasteiger partial charge on any atom is 0.325 e. The average molecular weight is 352 g/mol. The number of hydrogen-bond donors (Lipinski definition) is 1. The summed E-state index contributed by atoms with van der Waals surface area (Å²) in [5.41, 5.74) is 3.48. The predicted molar refractivity (Wildman–Crippen MR) is 97.0 cm³/mol. The monoisotopic (exact) mass is 352 g/mol. The van der Waals surface area contributed by atoms with Gasteiger partial charge in [-0.15, -0.1) is 0 Å². The molecule has 3 rings (SSSR count). The van der Waals surface area contributed by atoms with Crippen molar-refractivity contribution < 1.29 is 19.1 Å². The van der Waals surface area contributed by atoms with E-state index in [9.17, 15) is 14.4 Å². The lowest BCUT2D eigenvalue weighted by molar-refractivity contribution is -0.146. The van der Waals surface area contributed by atoms with Crippen LogP contribution in [0.5, 0.6) is 0 Å². The third kappa shape index (κ3) is 4.08. The number of nitrogens with zero attached hydrogens (tertiary/aromatic N) is 1. The van der Waals surface area contributed by atoms with Crippen LogP contribution in [0.25, 0.3) is 0 Å². The maximum absolute atomic E-state index is 12.3. The van der Waals surface area contributed by atoms with Crippen LogP contribution in [-0.2, 0) is 20.7 Å². The van der Waals surface area contributed by atoms with Gasteiger partial charge in [-0.1, -0.05) is 35.9 Å². The highest BCUT2D eigenvalue weighted by atomic mass is 16.5. The van der Waals surface area contributed by atoms with Crippen molar-refractivity contribution in [2.24, 2.45) is 0 Å². The van der Waals surface area contributed by atoms with Gasteiger partial charge in [-0.3, -0.25) is 14.4 Å². The Labute approximate surface area is 151 Å². The van der Waals surface area contributed by atoms with Crippen molar-refractivity contribution in [3.63, 3.8) is 0 Å². The number of rotatable bonds is 5. The number of nitrogens with one attached hydrogen (secondary N) is 1. The summed E-state index contributed by atoms with van der Waals surface area (Å²) < 4.78 is 4.99. The fourth-order valence-corrected chi connectivity index (χ4v) is 2.83. The van der Waals surface area contributed by atoms with E-state index in [4.69, 9.17) is 4.74 Å². The smallest absolute Gasteiger partial charge is 0.325 e. The van der Waals surface area contributed by atoms with Gasteiger partial charge in [0.1, 0.15) is 6.54 Å². The molecule has 0 fully saturated rings. The number of amides is 2. The second kappa shape index (κ2) is 7.82. The molecule has 0 radical (unpaired) electrons. The molecule has 1 heterocycles. The molecule has 1 aliphatic heterocycles. The Morgan fingerprint density at radius 3 is 2.58 bits per heavy atom. The Kier molecular flexibility index (Phi) is 5.31. The second-order valence-corrected chi connectivity index (χ2v) is 6.13. The van der Waals surface area contributed by atoms with E-state index < -0.39 is 5.97 Å². The molecule has 2 aromatic rings. The van der Waals surface area contributed by atoms with Crippen LogP contribution in [-0.4, -0.2) is 37.5 Å². The van der Waals surface area contributed by atoms with E-state index in [0.29, 0.717) is 12.1 Å². The fraction of sp³-hybridized carbons (Fsp3) is 0.250. The molecule has 6 heteroatoms. The highest BCUT2D eigenvalue weighted by Gasteiger charge is 2.24. The molecule has 134 valence electrons. The number of aryl methyl sites for hydroxylation is 1. The van der Waals surface area contributed by atoms with Gasteiger partial charge >= 0.3 is 5.97 Å². The quantitative estimate of drug-likeness (QED) is 0.834. The van der Waals surface area contributed by atoms with Crippen molar-refractivity contribution in [2.45, 2.75) is 13.3 Å². The Hall–Kier alpha value is -3.15. The van der Waals surface area contributed by atoms with Gasteiger partial charge in [0.15, 0.2) is 6.61 Å². The average Bonchev–Trinajstić information content (AvgIpc) is 3.09. The molecule has 0 saturated carbocycles. The summed E-state index contributed by atoms with van der Waals surface area (Å²) in [6, 6.07) is 14.7. The predicted octanol–water partition coefficient (Wildman–Crippen LogP) is 1.86. The second-order valence-electron chi connectivity index (χ2n) is 6.13. The van der Waals surface area contributed by atoms with Gasteiger partial charge in [0.05, 0.1) is 0 Å². The van der Waals surface area contributed by atoms with Crippen molar-refractivity contribution >= 4 is 23.5 Å². The Balaban J connectivity index is 1.45. The van der Waals surface area contributed by atoms with Crippen molar-refractivity contribution in [2.75, 3.05) is 24.6 Å². The lowest BCUT2D eigenvalue weighted by atomic mass is 10.1.